The van der Waals surface area contributed by atoms with Crippen LogP contribution in [0.25, 0.3) is 0 Å². The number of aryl methyl sites for hydroxylation is 1. The molecule has 0 fully saturated rings. The number of benzene rings is 2. The van der Waals surface area contributed by atoms with Gasteiger partial charge in [0.15, 0.2) is 0 Å². The fourth-order valence-electron chi connectivity index (χ4n) is 1.79. The van der Waals surface area contributed by atoms with E-state index in [1.807, 2.05) is 24.3 Å². The summed E-state index contributed by atoms with van der Waals surface area (Å²) in [5.41, 5.74) is 9.84. The molecule has 0 bridgehead atoms. The lowest BCUT2D eigenvalue weighted by atomic mass is 10.1. The molecule has 98 valence electrons. The summed E-state index contributed by atoms with van der Waals surface area (Å²) >= 11 is 8.49. The van der Waals surface area contributed by atoms with Crippen LogP contribution in [-0.4, -0.2) is 4.99 Å². The van der Waals surface area contributed by atoms with Crippen LogP contribution in [0.2, 0.25) is 0 Å². The van der Waals surface area contributed by atoms with E-state index in [-0.39, 0.29) is 0 Å². The second-order valence-electron chi connectivity index (χ2n) is 4.24. The Bertz CT molecular complexity index is 611. The van der Waals surface area contributed by atoms with Gasteiger partial charge in [0.25, 0.3) is 0 Å². The van der Waals surface area contributed by atoms with Crippen LogP contribution in [0.15, 0.2) is 46.9 Å². The van der Waals surface area contributed by atoms with Gasteiger partial charge < -0.3 is 11.1 Å². The average molecular weight is 335 g/mol. The smallest absolute Gasteiger partial charge is 0.104 e. The Labute approximate surface area is 127 Å². The van der Waals surface area contributed by atoms with Gasteiger partial charge in [0.2, 0.25) is 0 Å². The highest BCUT2D eigenvalue weighted by atomic mass is 79.9. The number of hydrogen-bond donors (Lipinski definition) is 2. The van der Waals surface area contributed by atoms with Crippen molar-refractivity contribution in [3.8, 4) is 0 Å². The molecule has 0 saturated carbocycles. The minimum Gasteiger partial charge on any atom is -0.389 e. The molecule has 0 heterocycles. The summed E-state index contributed by atoms with van der Waals surface area (Å²) in [5.74, 6) is 0. The van der Waals surface area contributed by atoms with E-state index in [9.17, 15) is 0 Å². The molecule has 4 heteroatoms. The van der Waals surface area contributed by atoms with Gasteiger partial charge in [0, 0.05) is 15.7 Å². The van der Waals surface area contributed by atoms with Crippen molar-refractivity contribution in [2.24, 2.45) is 5.73 Å². The Hall–Kier alpha value is -1.39. The van der Waals surface area contributed by atoms with Gasteiger partial charge in [-0.25, -0.2) is 0 Å². The van der Waals surface area contributed by atoms with Gasteiger partial charge in [-0.3, -0.25) is 0 Å². The number of nitrogens with one attached hydrogen (secondary N) is 1. The Kier molecular flexibility index (Phi) is 4.56. The normalized spacial score (nSPS) is 10.2. The van der Waals surface area contributed by atoms with E-state index >= 15 is 0 Å². The number of halogens is 1. The van der Waals surface area contributed by atoms with Crippen LogP contribution < -0.4 is 11.1 Å². The summed E-state index contributed by atoms with van der Waals surface area (Å²) in [6.45, 7) is 2.14. The SMILES string of the molecule is CCc1cccc(Nc2ccc(C(N)=S)cc2Br)c1. The van der Waals surface area contributed by atoms with Crippen LogP contribution in [0.1, 0.15) is 18.1 Å². The second kappa shape index (κ2) is 6.17. The maximum Gasteiger partial charge on any atom is 0.104 e. The number of thiocarbonyl (C=S) groups is 1. The summed E-state index contributed by atoms with van der Waals surface area (Å²) in [6, 6.07) is 14.2. The third-order valence-corrected chi connectivity index (χ3v) is 3.76. The summed E-state index contributed by atoms with van der Waals surface area (Å²) < 4.78 is 0.944. The number of nitrogens with two attached hydrogens (primary N) is 1. The van der Waals surface area contributed by atoms with Gasteiger partial charge in [0.05, 0.1) is 5.69 Å². The summed E-state index contributed by atoms with van der Waals surface area (Å²) in [7, 11) is 0. The third kappa shape index (κ3) is 3.55. The van der Waals surface area contributed by atoms with Crippen molar-refractivity contribution >= 4 is 44.5 Å². The highest BCUT2D eigenvalue weighted by Gasteiger charge is 2.04. The molecule has 19 heavy (non-hydrogen) atoms. The lowest BCUT2D eigenvalue weighted by molar-refractivity contribution is 1.14. The van der Waals surface area contributed by atoms with Gasteiger partial charge >= 0.3 is 0 Å². The first-order valence-electron chi connectivity index (χ1n) is 6.05. The molecule has 0 aromatic heterocycles. The molecule has 2 aromatic rings. The van der Waals surface area contributed by atoms with Gasteiger partial charge in [-0.2, -0.15) is 0 Å². The van der Waals surface area contributed by atoms with Crippen molar-refractivity contribution in [1.29, 1.82) is 0 Å². The molecule has 0 aliphatic rings. The molecule has 0 aliphatic heterocycles. The van der Waals surface area contributed by atoms with Crippen LogP contribution >= 0.6 is 28.1 Å². The fraction of sp³-hybridized carbons (Fsp3) is 0.133. The number of rotatable bonds is 4. The number of hydrogen-bond acceptors (Lipinski definition) is 2. The van der Waals surface area contributed by atoms with Crippen molar-refractivity contribution < 1.29 is 0 Å². The zero-order valence-electron chi connectivity index (χ0n) is 10.6. The second-order valence-corrected chi connectivity index (χ2v) is 5.53. The van der Waals surface area contributed by atoms with E-state index in [1.165, 1.54) is 5.56 Å². The van der Waals surface area contributed by atoms with Crippen molar-refractivity contribution in [2.75, 3.05) is 5.32 Å². The molecule has 0 aliphatic carbocycles. The first-order valence-corrected chi connectivity index (χ1v) is 7.25. The zero-order chi connectivity index (χ0) is 13.8. The summed E-state index contributed by atoms with van der Waals surface area (Å²) in [5, 5.41) is 3.38. The van der Waals surface area contributed by atoms with Crippen LogP contribution in [0, 0.1) is 0 Å². The molecule has 2 nitrogen and oxygen atoms in total. The fourth-order valence-corrected chi connectivity index (χ4v) is 2.40. The third-order valence-electron chi connectivity index (χ3n) is 2.87. The zero-order valence-corrected chi connectivity index (χ0v) is 13.0. The van der Waals surface area contributed by atoms with Gasteiger partial charge in [-0.05, 0) is 58.2 Å². The molecule has 2 aromatic carbocycles. The highest BCUT2D eigenvalue weighted by molar-refractivity contribution is 9.10. The van der Waals surface area contributed by atoms with Crippen molar-refractivity contribution in [3.63, 3.8) is 0 Å². The predicted octanol–water partition coefficient (Wildman–Crippen LogP) is 4.39. The Morgan fingerprint density at radius 3 is 2.68 bits per heavy atom. The Balaban J connectivity index is 2.25. The standard InChI is InChI=1S/C15H15BrN2S/c1-2-10-4-3-5-12(8-10)18-14-7-6-11(15(17)19)9-13(14)16/h3-9,18H,2H2,1H3,(H2,17,19). The van der Waals surface area contributed by atoms with Crippen molar-refractivity contribution in [2.45, 2.75) is 13.3 Å². The average Bonchev–Trinajstić information content (AvgIpc) is 2.41. The van der Waals surface area contributed by atoms with E-state index in [4.69, 9.17) is 18.0 Å². The molecule has 0 atom stereocenters. The molecular weight excluding hydrogens is 320 g/mol. The van der Waals surface area contributed by atoms with Gasteiger partial charge in [0.1, 0.15) is 4.99 Å². The summed E-state index contributed by atoms with van der Waals surface area (Å²) in [4.78, 5) is 0.403. The monoisotopic (exact) mass is 334 g/mol. The molecule has 2 rings (SSSR count). The van der Waals surface area contributed by atoms with Crippen LogP contribution in [-0.2, 0) is 6.42 Å². The predicted molar refractivity (Wildman–Crippen MR) is 89.1 cm³/mol. The lowest BCUT2D eigenvalue weighted by Crippen LogP contribution is -2.09. The van der Waals surface area contributed by atoms with Crippen LogP contribution in [0.3, 0.4) is 0 Å². The molecule has 0 unspecified atom stereocenters. The van der Waals surface area contributed by atoms with E-state index in [0.29, 0.717) is 4.99 Å². The quantitative estimate of drug-likeness (QED) is 0.814. The largest absolute Gasteiger partial charge is 0.389 e. The topological polar surface area (TPSA) is 38.0 Å². The van der Waals surface area contributed by atoms with Crippen molar-refractivity contribution in [1.82, 2.24) is 0 Å². The van der Waals surface area contributed by atoms with E-state index in [0.717, 1.165) is 27.8 Å². The molecule has 0 radical (unpaired) electrons. The lowest BCUT2D eigenvalue weighted by Gasteiger charge is -2.11. The molecule has 0 amide bonds. The Morgan fingerprint density at radius 1 is 1.26 bits per heavy atom. The Morgan fingerprint density at radius 2 is 2.05 bits per heavy atom. The minimum atomic E-state index is 0.403. The van der Waals surface area contributed by atoms with E-state index in [1.54, 1.807) is 0 Å². The maximum atomic E-state index is 5.61. The number of anilines is 2. The first kappa shape index (κ1) is 14.0. The molecule has 0 spiro atoms. The minimum absolute atomic E-state index is 0.403. The maximum absolute atomic E-state index is 5.61. The van der Waals surface area contributed by atoms with Crippen LogP contribution in [0.4, 0.5) is 11.4 Å². The van der Waals surface area contributed by atoms with Gasteiger partial charge in [-0.1, -0.05) is 31.3 Å². The molecule has 3 N–H and O–H groups in total. The van der Waals surface area contributed by atoms with Crippen LogP contribution in [0.5, 0.6) is 0 Å². The van der Waals surface area contributed by atoms with Crippen molar-refractivity contribution in [3.05, 3.63) is 58.1 Å². The van der Waals surface area contributed by atoms with E-state index in [2.05, 4.69) is 46.4 Å². The molecule has 0 saturated heterocycles. The van der Waals surface area contributed by atoms with Gasteiger partial charge in [-0.15, -0.1) is 0 Å². The highest BCUT2D eigenvalue weighted by Crippen LogP contribution is 2.27. The first-order chi connectivity index (χ1) is 9.10. The summed E-state index contributed by atoms with van der Waals surface area (Å²) in [6.07, 6.45) is 1.02. The van der Waals surface area contributed by atoms with E-state index < -0.39 is 0 Å². The molecular formula is C15H15BrN2S.